The predicted octanol–water partition coefficient (Wildman–Crippen LogP) is 1.93. The van der Waals surface area contributed by atoms with E-state index < -0.39 is 17.2 Å². The maximum atomic E-state index is 12.4. The highest BCUT2D eigenvalue weighted by Gasteiger charge is 2.53. The molecule has 0 bridgehead atoms. The van der Waals surface area contributed by atoms with E-state index in [9.17, 15) is 14.7 Å². The molecule has 1 aliphatic heterocycles. The van der Waals surface area contributed by atoms with Gasteiger partial charge in [0.05, 0.1) is 6.04 Å². The number of fused-ring (bicyclic) bond motifs is 1. The van der Waals surface area contributed by atoms with Crippen LogP contribution in [0.3, 0.4) is 0 Å². The Balaban J connectivity index is 2.29. The number of carbonyl (C=O) groups is 1. The minimum absolute atomic E-state index is 0.250. The Morgan fingerprint density at radius 3 is 2.64 bits per heavy atom. The van der Waals surface area contributed by atoms with Crippen LogP contribution in [0.1, 0.15) is 42.7 Å². The minimum Gasteiger partial charge on any atom is -0.484 e. The van der Waals surface area contributed by atoms with Crippen LogP contribution >= 0.6 is 12.8 Å². The quantitative estimate of drug-likeness (QED) is 0.715. The van der Waals surface area contributed by atoms with Crippen molar-refractivity contribution >= 4 is 18.7 Å². The van der Waals surface area contributed by atoms with Crippen molar-refractivity contribution in [3.8, 4) is 5.75 Å². The van der Waals surface area contributed by atoms with Crippen LogP contribution in [0, 0.1) is 0 Å². The van der Waals surface area contributed by atoms with Gasteiger partial charge >= 0.3 is 0 Å². The van der Waals surface area contributed by atoms with Gasteiger partial charge in [-0.25, -0.2) is 0 Å². The van der Waals surface area contributed by atoms with Gasteiger partial charge in [0, 0.05) is 23.4 Å². The number of rotatable bonds is 2. The molecule has 0 saturated heterocycles. The van der Waals surface area contributed by atoms with E-state index in [-0.39, 0.29) is 11.5 Å². The van der Waals surface area contributed by atoms with Crippen molar-refractivity contribution < 1.29 is 14.6 Å². The van der Waals surface area contributed by atoms with Gasteiger partial charge in [-0.3, -0.25) is 14.3 Å². The zero-order chi connectivity index (χ0) is 18.4. The highest BCUT2D eigenvalue weighted by Crippen LogP contribution is 2.47. The molecule has 2 N–H and O–H groups in total. The summed E-state index contributed by atoms with van der Waals surface area (Å²) < 4.78 is 9.72. The second-order valence-electron chi connectivity index (χ2n) is 6.80. The second-order valence-corrected chi connectivity index (χ2v) is 7.03. The molecular formula is C18H20N2O4S. The summed E-state index contributed by atoms with van der Waals surface area (Å²) in [5.74, 6) is 0.141. The van der Waals surface area contributed by atoms with Crippen molar-refractivity contribution in [1.82, 2.24) is 9.29 Å². The number of pyridine rings is 1. The minimum atomic E-state index is -1.40. The fourth-order valence-electron chi connectivity index (χ4n) is 3.14. The van der Waals surface area contributed by atoms with Crippen molar-refractivity contribution in [3.63, 3.8) is 0 Å². The van der Waals surface area contributed by atoms with Crippen molar-refractivity contribution in [2.45, 2.75) is 38.0 Å². The normalized spacial score (nSPS) is 24.1. The van der Waals surface area contributed by atoms with Gasteiger partial charge in [0.2, 0.25) is 0 Å². The molecule has 2 aromatic rings. The summed E-state index contributed by atoms with van der Waals surface area (Å²) in [5, 5.41) is 11.3. The molecule has 1 aromatic carbocycles. The Hall–Kier alpha value is -2.25. The lowest BCUT2D eigenvalue weighted by Gasteiger charge is -2.50. The van der Waals surface area contributed by atoms with Gasteiger partial charge in [0.25, 0.3) is 11.5 Å². The van der Waals surface area contributed by atoms with Gasteiger partial charge in [0.1, 0.15) is 17.0 Å². The van der Waals surface area contributed by atoms with Gasteiger partial charge in [-0.15, -0.1) is 0 Å². The molecule has 3 rings (SSSR count). The van der Waals surface area contributed by atoms with E-state index in [2.05, 4.69) is 17.5 Å². The molecule has 25 heavy (non-hydrogen) atoms. The molecule has 0 radical (unpaired) electrons. The lowest BCUT2D eigenvalue weighted by atomic mass is 9.75. The summed E-state index contributed by atoms with van der Waals surface area (Å²) in [6.45, 7) is 5.17. The first kappa shape index (κ1) is 17.6. The zero-order valence-electron chi connectivity index (χ0n) is 14.2. The predicted molar refractivity (Wildman–Crippen MR) is 97.1 cm³/mol. The SMILES string of the molecule is CC1(C)Oc2ccc(C(=O)NS)cc2C(n2ccccc2=O)C1(C)O. The lowest BCUT2D eigenvalue weighted by molar-refractivity contribution is -0.139. The molecule has 0 spiro atoms. The number of benzene rings is 1. The molecule has 2 atom stereocenters. The van der Waals surface area contributed by atoms with Crippen LogP contribution in [0.15, 0.2) is 47.4 Å². The number of hydrogen-bond donors (Lipinski definition) is 3. The lowest BCUT2D eigenvalue weighted by Crippen LogP contribution is -2.60. The van der Waals surface area contributed by atoms with Crippen LogP contribution in [0.4, 0.5) is 0 Å². The number of ether oxygens (including phenoxy) is 1. The topological polar surface area (TPSA) is 80.6 Å². The van der Waals surface area contributed by atoms with Crippen LogP contribution in [-0.2, 0) is 0 Å². The van der Waals surface area contributed by atoms with Gasteiger partial charge < -0.3 is 14.4 Å². The van der Waals surface area contributed by atoms with Crippen molar-refractivity contribution in [3.05, 3.63) is 64.1 Å². The molecule has 0 aliphatic carbocycles. The molecule has 1 amide bonds. The molecule has 1 aromatic heterocycles. The van der Waals surface area contributed by atoms with Gasteiger partial charge in [0.15, 0.2) is 0 Å². The molecule has 6 nitrogen and oxygen atoms in total. The number of amides is 1. The Morgan fingerprint density at radius 1 is 1.28 bits per heavy atom. The highest BCUT2D eigenvalue weighted by molar-refractivity contribution is 7.78. The fraction of sp³-hybridized carbons (Fsp3) is 0.333. The van der Waals surface area contributed by atoms with E-state index in [4.69, 9.17) is 4.74 Å². The fourth-order valence-corrected chi connectivity index (χ4v) is 3.27. The third-order valence-electron chi connectivity index (χ3n) is 4.91. The smallest absolute Gasteiger partial charge is 0.260 e. The Labute approximate surface area is 151 Å². The van der Waals surface area contributed by atoms with Crippen molar-refractivity contribution in [2.75, 3.05) is 0 Å². The molecule has 2 unspecified atom stereocenters. The highest BCUT2D eigenvalue weighted by atomic mass is 32.1. The molecule has 7 heteroatoms. The summed E-state index contributed by atoms with van der Waals surface area (Å²) >= 11 is 3.79. The van der Waals surface area contributed by atoms with Crippen molar-refractivity contribution in [1.29, 1.82) is 0 Å². The van der Waals surface area contributed by atoms with Gasteiger partial charge in [-0.05, 0) is 45.0 Å². The third-order valence-corrected chi connectivity index (χ3v) is 5.12. The van der Waals surface area contributed by atoms with Crippen LogP contribution in [0.25, 0.3) is 0 Å². The van der Waals surface area contributed by atoms with Gasteiger partial charge in [-0.2, -0.15) is 0 Å². The average molecular weight is 360 g/mol. The number of nitrogens with zero attached hydrogens (tertiary/aromatic N) is 1. The van der Waals surface area contributed by atoms with Crippen LogP contribution in [-0.4, -0.2) is 26.8 Å². The van der Waals surface area contributed by atoms with Crippen LogP contribution in [0.5, 0.6) is 5.75 Å². The molecule has 2 heterocycles. The summed E-state index contributed by atoms with van der Waals surface area (Å²) in [6.07, 6.45) is 1.62. The number of aliphatic hydroxyl groups is 1. The summed E-state index contributed by atoms with van der Waals surface area (Å²) in [6, 6.07) is 8.99. The van der Waals surface area contributed by atoms with Crippen LogP contribution < -0.4 is 15.0 Å². The second kappa shape index (κ2) is 5.93. The standard InChI is InChI=1S/C18H20N2O4S/c1-17(2)18(3,23)15(20-9-5-4-6-14(20)21)12-10-11(16(22)19-25)7-8-13(12)24-17/h4-10,15,23,25H,1-3H3,(H,19,22). The molecule has 132 valence electrons. The first-order chi connectivity index (χ1) is 11.7. The molecule has 0 fully saturated rings. The zero-order valence-corrected chi connectivity index (χ0v) is 15.1. The number of thiol groups is 1. The van der Waals surface area contributed by atoms with Crippen LogP contribution in [0.2, 0.25) is 0 Å². The number of hydrogen-bond acceptors (Lipinski definition) is 5. The Bertz CT molecular complexity index is 889. The van der Waals surface area contributed by atoms with E-state index in [1.807, 2.05) is 0 Å². The summed E-state index contributed by atoms with van der Waals surface area (Å²) in [4.78, 5) is 24.4. The molecule has 0 saturated carbocycles. The maximum absolute atomic E-state index is 12.4. The van der Waals surface area contributed by atoms with E-state index in [0.29, 0.717) is 16.9 Å². The summed E-state index contributed by atoms with van der Waals surface area (Å²) in [7, 11) is 0. The number of carbonyl (C=O) groups excluding carboxylic acids is 1. The summed E-state index contributed by atoms with van der Waals surface area (Å²) in [5.41, 5.74) is -1.68. The Morgan fingerprint density at radius 2 is 2.00 bits per heavy atom. The van der Waals surface area contributed by atoms with E-state index in [1.54, 1.807) is 57.3 Å². The largest absolute Gasteiger partial charge is 0.484 e. The molecular weight excluding hydrogens is 340 g/mol. The van der Waals surface area contributed by atoms with E-state index in [1.165, 1.54) is 10.6 Å². The first-order valence-electron chi connectivity index (χ1n) is 7.86. The number of nitrogens with one attached hydrogen (secondary N) is 1. The van der Waals surface area contributed by atoms with E-state index in [0.717, 1.165) is 0 Å². The first-order valence-corrected chi connectivity index (χ1v) is 8.30. The number of aromatic nitrogens is 1. The van der Waals surface area contributed by atoms with Gasteiger partial charge in [-0.1, -0.05) is 18.9 Å². The van der Waals surface area contributed by atoms with E-state index >= 15 is 0 Å². The third kappa shape index (κ3) is 2.73. The van der Waals surface area contributed by atoms with Crippen molar-refractivity contribution in [2.24, 2.45) is 0 Å². The molecule has 1 aliphatic rings. The average Bonchev–Trinajstić information content (AvgIpc) is 2.56. The monoisotopic (exact) mass is 360 g/mol. The maximum Gasteiger partial charge on any atom is 0.260 e. The Kier molecular flexibility index (Phi) is 4.17.